The van der Waals surface area contributed by atoms with Crippen molar-refractivity contribution in [2.75, 3.05) is 18.4 Å². The maximum absolute atomic E-state index is 12.8. The number of benzene rings is 1. The number of pyridine rings is 1. The molecule has 5 rings (SSSR count). The zero-order valence-corrected chi connectivity index (χ0v) is 19.8. The van der Waals surface area contributed by atoms with E-state index in [1.807, 2.05) is 60.1 Å². The minimum Gasteiger partial charge on any atom is -0.326 e. The Labute approximate surface area is 196 Å². The molecule has 1 N–H and O–H groups in total. The van der Waals surface area contributed by atoms with Crippen molar-refractivity contribution < 1.29 is 13.2 Å². The summed E-state index contributed by atoms with van der Waals surface area (Å²) < 4.78 is 29.2. The third-order valence-electron chi connectivity index (χ3n) is 6.04. The Balaban J connectivity index is 1.21. The van der Waals surface area contributed by atoms with Crippen molar-refractivity contribution in [3.8, 4) is 11.3 Å². The number of fused-ring (bicyclic) bond motifs is 1. The van der Waals surface area contributed by atoms with Crippen LogP contribution in [-0.4, -0.2) is 41.1 Å². The van der Waals surface area contributed by atoms with Gasteiger partial charge in [0, 0.05) is 42.7 Å². The van der Waals surface area contributed by atoms with E-state index in [0.29, 0.717) is 30.1 Å². The van der Waals surface area contributed by atoms with Gasteiger partial charge in [-0.1, -0.05) is 24.3 Å². The molecule has 4 heterocycles. The van der Waals surface area contributed by atoms with Gasteiger partial charge in [-0.25, -0.2) is 13.4 Å². The number of nitrogens with zero attached hydrogens (tertiary/aromatic N) is 3. The van der Waals surface area contributed by atoms with Crippen molar-refractivity contribution in [1.29, 1.82) is 0 Å². The maximum Gasteiger partial charge on any atom is 0.252 e. The highest BCUT2D eigenvalue weighted by atomic mass is 32.2. The molecule has 3 aromatic heterocycles. The highest BCUT2D eigenvalue weighted by Gasteiger charge is 2.32. The topological polar surface area (TPSA) is 83.8 Å². The Hall–Kier alpha value is -3.01. The quantitative estimate of drug-likeness (QED) is 0.459. The van der Waals surface area contributed by atoms with Gasteiger partial charge in [0.1, 0.15) is 9.86 Å². The van der Waals surface area contributed by atoms with Crippen molar-refractivity contribution in [3.63, 3.8) is 0 Å². The fourth-order valence-electron chi connectivity index (χ4n) is 4.16. The lowest BCUT2D eigenvalue weighted by molar-refractivity contribution is -0.120. The average molecular weight is 481 g/mol. The largest absolute Gasteiger partial charge is 0.326 e. The van der Waals surface area contributed by atoms with Crippen LogP contribution in [0.1, 0.15) is 18.4 Å². The first-order valence-corrected chi connectivity index (χ1v) is 13.1. The first-order valence-electron chi connectivity index (χ1n) is 10.8. The van der Waals surface area contributed by atoms with Crippen molar-refractivity contribution in [3.05, 3.63) is 71.9 Å². The van der Waals surface area contributed by atoms with Gasteiger partial charge in [0.25, 0.3) is 10.0 Å². The van der Waals surface area contributed by atoms with Gasteiger partial charge in [0.15, 0.2) is 0 Å². The summed E-state index contributed by atoms with van der Waals surface area (Å²) in [5, 5.41) is 4.74. The maximum atomic E-state index is 12.8. The number of sulfonamides is 1. The lowest BCUT2D eigenvalue weighted by Crippen LogP contribution is -2.41. The van der Waals surface area contributed by atoms with Crippen molar-refractivity contribution in [2.24, 2.45) is 5.92 Å². The number of hydrogen-bond acceptors (Lipinski definition) is 5. The van der Waals surface area contributed by atoms with Crippen LogP contribution in [-0.2, 0) is 14.8 Å². The Morgan fingerprint density at radius 2 is 1.85 bits per heavy atom. The third kappa shape index (κ3) is 4.31. The van der Waals surface area contributed by atoms with E-state index in [-0.39, 0.29) is 11.8 Å². The smallest absolute Gasteiger partial charge is 0.252 e. The van der Waals surface area contributed by atoms with Gasteiger partial charge in [-0.2, -0.15) is 4.31 Å². The van der Waals surface area contributed by atoms with Gasteiger partial charge in [0.05, 0.1) is 5.69 Å². The average Bonchev–Trinajstić information content (AvgIpc) is 3.51. The van der Waals surface area contributed by atoms with Crippen molar-refractivity contribution in [1.82, 2.24) is 13.7 Å². The molecule has 0 atom stereocenters. The van der Waals surface area contributed by atoms with Crippen LogP contribution in [0.3, 0.4) is 0 Å². The van der Waals surface area contributed by atoms with Crippen LogP contribution in [0.2, 0.25) is 0 Å². The summed E-state index contributed by atoms with van der Waals surface area (Å²) >= 11 is 1.22. The summed E-state index contributed by atoms with van der Waals surface area (Å²) in [6, 6.07) is 15.0. The number of rotatable bonds is 5. The fraction of sp³-hybridized carbons (Fsp3) is 0.250. The summed E-state index contributed by atoms with van der Waals surface area (Å²) in [7, 11) is -3.46. The molecule has 1 aliphatic heterocycles. The second kappa shape index (κ2) is 8.74. The Morgan fingerprint density at radius 1 is 1.09 bits per heavy atom. The van der Waals surface area contributed by atoms with Crippen LogP contribution in [0.15, 0.2) is 70.5 Å². The first-order chi connectivity index (χ1) is 15.9. The number of nitrogens with one attached hydrogen (secondary N) is 1. The number of imidazole rings is 1. The number of carbonyl (C=O) groups excluding carboxylic acids is 1. The zero-order valence-electron chi connectivity index (χ0n) is 18.1. The SMILES string of the molecule is Cc1cccn2cc(-c3ccc(NC(=O)C4CCN(S(=O)(=O)c5cccs5)CC4)cc3)nc12. The van der Waals surface area contributed by atoms with Crippen LogP contribution < -0.4 is 5.32 Å². The highest BCUT2D eigenvalue weighted by molar-refractivity contribution is 7.91. The molecule has 0 radical (unpaired) electrons. The van der Waals surface area contributed by atoms with Gasteiger partial charge in [-0.3, -0.25) is 4.79 Å². The molecule has 0 saturated carbocycles. The highest BCUT2D eigenvalue weighted by Crippen LogP contribution is 2.28. The molecule has 33 heavy (non-hydrogen) atoms. The molecule has 1 aromatic carbocycles. The number of hydrogen-bond donors (Lipinski definition) is 1. The van der Waals surface area contributed by atoms with E-state index >= 15 is 0 Å². The summed E-state index contributed by atoms with van der Waals surface area (Å²) in [5.74, 6) is -0.278. The number of piperidine rings is 1. The predicted molar refractivity (Wildman–Crippen MR) is 130 cm³/mol. The molecular weight excluding hydrogens is 456 g/mol. The molecule has 0 spiro atoms. The van der Waals surface area contributed by atoms with E-state index in [2.05, 4.69) is 5.32 Å². The zero-order chi connectivity index (χ0) is 23.0. The molecule has 1 fully saturated rings. The molecule has 170 valence electrons. The Kier molecular flexibility index (Phi) is 5.77. The molecule has 9 heteroatoms. The lowest BCUT2D eigenvalue weighted by atomic mass is 9.97. The molecule has 0 aliphatic carbocycles. The van der Waals surface area contributed by atoms with Gasteiger partial charge < -0.3 is 9.72 Å². The summed E-state index contributed by atoms with van der Waals surface area (Å²) in [6.07, 6.45) is 4.99. The second-order valence-corrected chi connectivity index (χ2v) is 11.3. The number of anilines is 1. The van der Waals surface area contributed by atoms with E-state index in [1.165, 1.54) is 15.6 Å². The van der Waals surface area contributed by atoms with Gasteiger partial charge >= 0.3 is 0 Å². The van der Waals surface area contributed by atoms with E-state index < -0.39 is 10.0 Å². The Bertz CT molecular complexity index is 1390. The second-order valence-electron chi connectivity index (χ2n) is 8.23. The molecule has 1 aliphatic rings. The molecule has 0 bridgehead atoms. The fourth-order valence-corrected chi connectivity index (χ4v) is 6.77. The normalized spacial score (nSPS) is 15.7. The number of thiophene rings is 1. The summed E-state index contributed by atoms with van der Waals surface area (Å²) in [6.45, 7) is 2.74. The molecule has 1 amide bonds. The minimum absolute atomic E-state index is 0.0701. The molecule has 7 nitrogen and oxygen atoms in total. The number of aromatic nitrogens is 2. The van der Waals surface area contributed by atoms with E-state index in [0.717, 1.165) is 28.2 Å². The lowest BCUT2D eigenvalue weighted by Gasteiger charge is -2.30. The number of amides is 1. The van der Waals surface area contributed by atoms with E-state index in [9.17, 15) is 13.2 Å². The molecule has 4 aromatic rings. The summed E-state index contributed by atoms with van der Waals surface area (Å²) in [5.41, 5.74) is 4.61. The van der Waals surface area contributed by atoms with Crippen LogP contribution in [0.5, 0.6) is 0 Å². The van der Waals surface area contributed by atoms with Crippen molar-refractivity contribution >= 4 is 38.6 Å². The van der Waals surface area contributed by atoms with Crippen molar-refractivity contribution in [2.45, 2.75) is 24.0 Å². The van der Waals surface area contributed by atoms with E-state index in [1.54, 1.807) is 17.5 Å². The number of aryl methyl sites for hydroxylation is 1. The molecule has 1 saturated heterocycles. The van der Waals surface area contributed by atoms with Gasteiger partial charge in [0.2, 0.25) is 5.91 Å². The third-order valence-corrected chi connectivity index (χ3v) is 9.31. The molecular formula is C24H24N4O3S2. The van der Waals surface area contributed by atoms with Gasteiger partial charge in [-0.05, 0) is 55.0 Å². The van der Waals surface area contributed by atoms with Crippen LogP contribution in [0.25, 0.3) is 16.9 Å². The first kappa shape index (κ1) is 21.8. The van der Waals surface area contributed by atoms with Crippen LogP contribution >= 0.6 is 11.3 Å². The molecule has 0 unspecified atom stereocenters. The standard InChI is InChI=1S/C24H24N4O3S2/c1-17-4-2-12-27-16-21(26-23(17)27)18-6-8-20(9-7-18)25-24(29)19-10-13-28(14-11-19)33(30,31)22-5-3-15-32-22/h2-9,12,15-16,19H,10-11,13-14H2,1H3,(H,25,29). The van der Waals surface area contributed by atoms with Gasteiger partial charge in [-0.15, -0.1) is 11.3 Å². The monoisotopic (exact) mass is 480 g/mol. The summed E-state index contributed by atoms with van der Waals surface area (Å²) in [4.78, 5) is 17.5. The minimum atomic E-state index is -3.46. The predicted octanol–water partition coefficient (Wildman–Crippen LogP) is 4.41. The van der Waals surface area contributed by atoms with E-state index in [4.69, 9.17) is 4.98 Å². The Morgan fingerprint density at radius 3 is 2.52 bits per heavy atom. The number of carbonyl (C=O) groups is 1. The van der Waals surface area contributed by atoms with Crippen LogP contribution in [0, 0.1) is 12.8 Å². The van der Waals surface area contributed by atoms with Crippen LogP contribution in [0.4, 0.5) is 5.69 Å².